The van der Waals surface area contributed by atoms with Crippen LogP contribution >= 0.6 is 34.8 Å². The third kappa shape index (κ3) is 4.70. The first-order chi connectivity index (χ1) is 18.0. The second-order valence-electron chi connectivity index (χ2n) is 8.99. The maximum absolute atomic E-state index is 13.0. The number of halogens is 3. The lowest BCUT2D eigenvalue weighted by atomic mass is 10.1. The van der Waals surface area contributed by atoms with E-state index in [1.807, 2.05) is 41.3 Å². The molecule has 37 heavy (non-hydrogen) atoms. The molecule has 0 spiro atoms. The quantitative estimate of drug-likeness (QED) is 0.248. The Hall–Kier alpha value is -3.39. The van der Waals surface area contributed by atoms with Gasteiger partial charge in [0, 0.05) is 28.5 Å². The number of benzene rings is 3. The molecule has 0 aliphatic carbocycles. The molecule has 3 heterocycles. The highest BCUT2D eigenvalue weighted by atomic mass is 35.5. The van der Waals surface area contributed by atoms with Crippen molar-refractivity contribution in [3.8, 4) is 0 Å². The van der Waals surface area contributed by atoms with Gasteiger partial charge in [-0.3, -0.25) is 4.79 Å². The van der Waals surface area contributed by atoms with Gasteiger partial charge in [0.05, 0.1) is 27.1 Å². The number of carbonyl (C=O) groups excluding carboxylic acids is 1. The van der Waals surface area contributed by atoms with E-state index in [0.717, 1.165) is 42.5 Å². The van der Waals surface area contributed by atoms with Crippen LogP contribution in [0, 0.1) is 0 Å². The van der Waals surface area contributed by atoms with Crippen LogP contribution in [0.5, 0.6) is 0 Å². The van der Waals surface area contributed by atoms with Crippen molar-refractivity contribution in [2.45, 2.75) is 18.9 Å². The van der Waals surface area contributed by atoms with Gasteiger partial charge in [0.15, 0.2) is 0 Å². The number of likely N-dealkylation sites (tertiary alicyclic amines) is 1. The maximum atomic E-state index is 13.0. The van der Waals surface area contributed by atoms with E-state index in [9.17, 15) is 4.79 Å². The number of amides is 1. The highest BCUT2D eigenvalue weighted by Gasteiger charge is 2.24. The monoisotopic (exact) mass is 550 g/mol. The smallest absolute Gasteiger partial charge is 0.255 e. The average molecular weight is 552 g/mol. The molecule has 186 valence electrons. The summed E-state index contributed by atoms with van der Waals surface area (Å²) < 4.78 is 0. The van der Waals surface area contributed by atoms with Crippen molar-refractivity contribution in [3.63, 3.8) is 0 Å². The standard InChI is InChI=1S/C27H21Cl3N6O/c28-16-5-3-4-15(10-16)24(26-33-21-7-6-17(29)11-23(21)34-26)35-25-19-12-20(30)18(13-22(19)31-14-32-25)27(37)36-8-1-2-9-36/h3-7,10-14,24H,1-2,8-9H2,(H,33,34)(H,31,32,35). The number of carbonyl (C=O) groups is 1. The number of hydrogen-bond acceptors (Lipinski definition) is 5. The zero-order valence-corrected chi connectivity index (χ0v) is 21.8. The third-order valence-electron chi connectivity index (χ3n) is 6.55. The van der Waals surface area contributed by atoms with Crippen LogP contribution < -0.4 is 5.32 Å². The summed E-state index contributed by atoms with van der Waals surface area (Å²) in [6.07, 6.45) is 3.48. The van der Waals surface area contributed by atoms with Gasteiger partial charge in [0.25, 0.3) is 5.91 Å². The van der Waals surface area contributed by atoms with E-state index in [0.29, 0.717) is 43.2 Å². The number of rotatable bonds is 5. The maximum Gasteiger partial charge on any atom is 0.255 e. The molecule has 7 nitrogen and oxygen atoms in total. The lowest BCUT2D eigenvalue weighted by Gasteiger charge is -2.20. The van der Waals surface area contributed by atoms with Gasteiger partial charge >= 0.3 is 0 Å². The number of fused-ring (bicyclic) bond motifs is 2. The summed E-state index contributed by atoms with van der Waals surface area (Å²) in [4.78, 5) is 32.0. The largest absolute Gasteiger partial charge is 0.356 e. The summed E-state index contributed by atoms with van der Waals surface area (Å²) in [6.45, 7) is 1.49. The highest BCUT2D eigenvalue weighted by Crippen LogP contribution is 2.33. The van der Waals surface area contributed by atoms with Gasteiger partial charge in [-0.1, -0.05) is 46.9 Å². The number of imidazole rings is 1. The fourth-order valence-electron chi connectivity index (χ4n) is 4.72. The topological polar surface area (TPSA) is 86.8 Å². The third-order valence-corrected chi connectivity index (χ3v) is 7.33. The zero-order chi connectivity index (χ0) is 25.5. The minimum absolute atomic E-state index is 0.0738. The van der Waals surface area contributed by atoms with Crippen LogP contribution in [0.15, 0.2) is 60.9 Å². The molecule has 1 saturated heterocycles. The number of nitrogens with zero attached hydrogens (tertiary/aromatic N) is 4. The molecule has 6 rings (SSSR count). The molecule has 0 saturated carbocycles. The summed E-state index contributed by atoms with van der Waals surface area (Å²) in [7, 11) is 0. The van der Waals surface area contributed by atoms with Gasteiger partial charge in [-0.15, -0.1) is 0 Å². The van der Waals surface area contributed by atoms with E-state index < -0.39 is 6.04 Å². The fourth-order valence-corrected chi connectivity index (χ4v) is 5.33. The van der Waals surface area contributed by atoms with E-state index >= 15 is 0 Å². The zero-order valence-electron chi connectivity index (χ0n) is 19.5. The van der Waals surface area contributed by atoms with E-state index in [1.165, 1.54) is 6.33 Å². The molecule has 1 amide bonds. The normalized spacial score (nSPS) is 14.4. The average Bonchev–Trinajstić information content (AvgIpc) is 3.57. The van der Waals surface area contributed by atoms with Crippen LogP contribution in [0.4, 0.5) is 5.82 Å². The Balaban J connectivity index is 1.43. The molecule has 10 heteroatoms. The molecule has 1 aliphatic rings. The molecule has 2 N–H and O–H groups in total. The van der Waals surface area contributed by atoms with Crippen LogP contribution in [0.2, 0.25) is 15.1 Å². The van der Waals surface area contributed by atoms with Gasteiger partial charge in [-0.25, -0.2) is 15.0 Å². The predicted molar refractivity (Wildman–Crippen MR) is 148 cm³/mol. The predicted octanol–water partition coefficient (Wildman–Crippen LogP) is 6.90. The molecule has 1 fully saturated rings. The van der Waals surface area contributed by atoms with Gasteiger partial charge < -0.3 is 15.2 Å². The highest BCUT2D eigenvalue weighted by molar-refractivity contribution is 6.35. The molecule has 5 aromatic rings. The van der Waals surface area contributed by atoms with Gasteiger partial charge in [0.1, 0.15) is 24.0 Å². The minimum Gasteiger partial charge on any atom is -0.356 e. The number of hydrogen-bond donors (Lipinski definition) is 2. The number of anilines is 1. The lowest BCUT2D eigenvalue weighted by molar-refractivity contribution is 0.0793. The van der Waals surface area contributed by atoms with Gasteiger partial charge in [-0.2, -0.15) is 0 Å². The minimum atomic E-state index is -0.423. The Morgan fingerprint density at radius 3 is 2.57 bits per heavy atom. The summed E-state index contributed by atoms with van der Waals surface area (Å²) in [5.41, 5.74) is 3.55. The van der Waals surface area contributed by atoms with Crippen molar-refractivity contribution in [1.82, 2.24) is 24.8 Å². The van der Waals surface area contributed by atoms with E-state index in [1.54, 1.807) is 18.2 Å². The van der Waals surface area contributed by atoms with Crippen molar-refractivity contribution in [3.05, 3.63) is 92.9 Å². The van der Waals surface area contributed by atoms with E-state index in [4.69, 9.17) is 39.8 Å². The summed E-state index contributed by atoms with van der Waals surface area (Å²) in [6, 6.07) is 16.1. The van der Waals surface area contributed by atoms with E-state index in [-0.39, 0.29) is 5.91 Å². The summed E-state index contributed by atoms with van der Waals surface area (Å²) in [5.74, 6) is 1.14. The molecule has 2 aromatic heterocycles. The lowest BCUT2D eigenvalue weighted by Crippen LogP contribution is -2.27. The van der Waals surface area contributed by atoms with Crippen LogP contribution in [-0.2, 0) is 0 Å². The van der Waals surface area contributed by atoms with Crippen molar-refractivity contribution in [1.29, 1.82) is 0 Å². The van der Waals surface area contributed by atoms with Crippen LogP contribution in [-0.4, -0.2) is 43.8 Å². The second-order valence-corrected chi connectivity index (χ2v) is 10.3. The molecule has 1 aliphatic heterocycles. The number of nitrogens with one attached hydrogen (secondary N) is 2. The molecular formula is C27H21Cl3N6O. The Kier molecular flexibility index (Phi) is 6.36. The molecule has 1 atom stereocenters. The number of aromatic amines is 1. The molecule has 0 bridgehead atoms. The summed E-state index contributed by atoms with van der Waals surface area (Å²) >= 11 is 19.2. The molecule has 1 unspecified atom stereocenters. The van der Waals surface area contributed by atoms with Crippen LogP contribution in [0.3, 0.4) is 0 Å². The fraction of sp³-hybridized carbons (Fsp3) is 0.185. The molecular weight excluding hydrogens is 531 g/mol. The first kappa shape index (κ1) is 24.0. The first-order valence-corrected chi connectivity index (χ1v) is 13.0. The Morgan fingerprint density at radius 2 is 1.76 bits per heavy atom. The van der Waals surface area contributed by atoms with Gasteiger partial charge in [0.2, 0.25) is 0 Å². The first-order valence-electron chi connectivity index (χ1n) is 11.9. The summed E-state index contributed by atoms with van der Waals surface area (Å²) in [5, 5.41) is 5.77. The van der Waals surface area contributed by atoms with E-state index in [2.05, 4.69) is 20.3 Å². The Labute approximate surface area is 227 Å². The van der Waals surface area contributed by atoms with Crippen molar-refractivity contribution in [2.75, 3.05) is 18.4 Å². The van der Waals surface area contributed by atoms with Crippen molar-refractivity contribution >= 4 is 68.5 Å². The van der Waals surface area contributed by atoms with Crippen LogP contribution in [0.1, 0.15) is 40.6 Å². The second kappa shape index (κ2) is 9.82. The SMILES string of the molecule is O=C(c1cc2ncnc(NC(c3cccc(Cl)c3)c3nc4ccc(Cl)cc4[nH]3)c2cc1Cl)N1CCCC1. The Bertz CT molecular complexity index is 1650. The number of aromatic nitrogens is 4. The van der Waals surface area contributed by atoms with Crippen molar-refractivity contribution < 1.29 is 4.79 Å². The molecule has 3 aromatic carbocycles. The number of H-pyrrole nitrogens is 1. The van der Waals surface area contributed by atoms with Gasteiger partial charge in [-0.05, 0) is 60.9 Å². The van der Waals surface area contributed by atoms with Crippen molar-refractivity contribution in [2.24, 2.45) is 0 Å². The van der Waals surface area contributed by atoms with Crippen LogP contribution in [0.25, 0.3) is 21.9 Å². The Morgan fingerprint density at radius 1 is 0.946 bits per heavy atom. The molecule has 0 radical (unpaired) electrons.